The maximum Gasteiger partial charge on any atom is 0.416 e. The minimum atomic E-state index is -4.55. The van der Waals surface area contributed by atoms with Gasteiger partial charge in [-0.1, -0.05) is 30.3 Å². The van der Waals surface area contributed by atoms with Crippen LogP contribution in [0.25, 0.3) is 0 Å². The Labute approximate surface area is 201 Å². The smallest absolute Gasteiger partial charge is 0.367 e. The van der Waals surface area contributed by atoms with E-state index >= 15 is 0 Å². The molecule has 0 aliphatic carbocycles. The molecule has 0 aromatic heterocycles. The third-order valence-electron chi connectivity index (χ3n) is 7.78. The lowest BCUT2D eigenvalue weighted by Crippen LogP contribution is -2.72. The molecule has 0 bridgehead atoms. The average Bonchev–Trinajstić information content (AvgIpc) is 2.84. The lowest BCUT2D eigenvalue weighted by Gasteiger charge is -2.55. The van der Waals surface area contributed by atoms with Gasteiger partial charge in [-0.15, -0.1) is 0 Å². The zero-order valence-corrected chi connectivity index (χ0v) is 19.5. The van der Waals surface area contributed by atoms with Gasteiger partial charge in [-0.2, -0.15) is 13.2 Å². The molecule has 4 amide bonds. The van der Waals surface area contributed by atoms with E-state index in [0.29, 0.717) is 24.2 Å². The molecule has 0 saturated carbocycles. The maximum absolute atomic E-state index is 13.7. The van der Waals surface area contributed by atoms with Crippen molar-refractivity contribution >= 4 is 23.5 Å². The van der Waals surface area contributed by atoms with Crippen LogP contribution >= 0.6 is 0 Å². The fraction of sp³-hybridized carbons (Fsp3) is 0.423. The van der Waals surface area contributed by atoms with Crippen LogP contribution in [-0.2, 0) is 28.6 Å². The van der Waals surface area contributed by atoms with Crippen molar-refractivity contribution in [2.45, 2.75) is 37.9 Å². The fourth-order valence-corrected chi connectivity index (χ4v) is 6.05. The molecule has 2 fully saturated rings. The monoisotopic (exact) mass is 485 g/mol. The highest BCUT2D eigenvalue weighted by molar-refractivity contribution is 6.20. The number of carbonyl (C=O) groups is 3. The molecule has 5 rings (SSSR count). The Kier molecular flexibility index (Phi) is 5.41. The van der Waals surface area contributed by atoms with E-state index in [-0.39, 0.29) is 12.3 Å². The Balaban J connectivity index is 1.61. The van der Waals surface area contributed by atoms with Crippen molar-refractivity contribution in [2.24, 2.45) is 11.3 Å². The van der Waals surface area contributed by atoms with Gasteiger partial charge in [0.15, 0.2) is 5.41 Å². The molecular weight excluding hydrogens is 459 g/mol. The quantitative estimate of drug-likeness (QED) is 0.601. The molecule has 2 aromatic carbocycles. The topological polar surface area (TPSA) is 60.9 Å². The number of hydrogen-bond acceptors (Lipinski definition) is 4. The van der Waals surface area contributed by atoms with Crippen molar-refractivity contribution < 1.29 is 27.6 Å². The van der Waals surface area contributed by atoms with E-state index in [1.165, 1.54) is 20.2 Å². The highest BCUT2D eigenvalue weighted by atomic mass is 19.4. The van der Waals surface area contributed by atoms with Gasteiger partial charge in [0.25, 0.3) is 0 Å². The Bertz CT molecular complexity index is 1170. The summed E-state index contributed by atoms with van der Waals surface area (Å²) in [6, 6.07) is 12.2. The van der Waals surface area contributed by atoms with Crippen LogP contribution in [0.1, 0.15) is 29.5 Å². The molecule has 2 saturated heterocycles. The highest BCUT2D eigenvalue weighted by Gasteiger charge is 2.63. The normalized spacial score (nSPS) is 24.0. The SMILES string of the molecule is CN1C(=O)N(C)C(=O)C2(Cc3cc(C(F)(F)F)ccc3N3CC[C@H](Cc4ccccc4)C[C@H]32)C1=O. The van der Waals surface area contributed by atoms with Crippen LogP contribution in [-0.4, -0.2) is 54.3 Å². The predicted molar refractivity (Wildman–Crippen MR) is 123 cm³/mol. The largest absolute Gasteiger partial charge is 0.416 e. The van der Waals surface area contributed by atoms with Crippen LogP contribution in [0.3, 0.4) is 0 Å². The summed E-state index contributed by atoms with van der Waals surface area (Å²) in [4.78, 5) is 43.7. The summed E-state index contributed by atoms with van der Waals surface area (Å²) in [5, 5.41) is 0. The second kappa shape index (κ2) is 8.10. The van der Waals surface area contributed by atoms with E-state index in [1.807, 2.05) is 35.2 Å². The number of amides is 4. The zero-order valence-electron chi connectivity index (χ0n) is 19.5. The van der Waals surface area contributed by atoms with Gasteiger partial charge < -0.3 is 4.90 Å². The number of barbiturate groups is 1. The molecule has 3 heterocycles. The minimum absolute atomic E-state index is 0.175. The summed E-state index contributed by atoms with van der Waals surface area (Å²) in [5.74, 6) is -1.12. The molecule has 0 radical (unpaired) electrons. The summed E-state index contributed by atoms with van der Waals surface area (Å²) < 4.78 is 40.5. The Hall–Kier alpha value is -3.36. The minimum Gasteiger partial charge on any atom is -0.367 e. The van der Waals surface area contributed by atoms with Crippen molar-refractivity contribution in [1.82, 2.24) is 9.80 Å². The first kappa shape index (κ1) is 23.4. The molecule has 9 heteroatoms. The van der Waals surface area contributed by atoms with E-state index < -0.39 is 41.0 Å². The Morgan fingerprint density at radius 1 is 0.971 bits per heavy atom. The van der Waals surface area contributed by atoms with E-state index in [1.54, 1.807) is 0 Å². The second-order valence-electron chi connectivity index (χ2n) is 9.79. The number of alkyl halides is 3. The van der Waals surface area contributed by atoms with E-state index in [0.717, 1.165) is 40.3 Å². The van der Waals surface area contributed by atoms with Gasteiger partial charge in [-0.3, -0.25) is 19.4 Å². The van der Waals surface area contributed by atoms with Crippen molar-refractivity contribution in [2.75, 3.05) is 25.5 Å². The molecule has 0 N–H and O–H groups in total. The second-order valence-corrected chi connectivity index (χ2v) is 9.79. The molecule has 3 aliphatic rings. The summed E-state index contributed by atoms with van der Waals surface area (Å²) in [6.07, 6.45) is -2.66. The first-order valence-electron chi connectivity index (χ1n) is 11.6. The molecule has 2 atom stereocenters. The summed E-state index contributed by atoms with van der Waals surface area (Å²) in [5.41, 5.74) is -0.414. The van der Waals surface area contributed by atoms with Crippen molar-refractivity contribution in [3.05, 3.63) is 65.2 Å². The number of nitrogens with zero attached hydrogens (tertiary/aromatic N) is 3. The lowest BCUT2D eigenvalue weighted by atomic mass is 9.64. The van der Waals surface area contributed by atoms with Crippen LogP contribution in [0.2, 0.25) is 0 Å². The third-order valence-corrected chi connectivity index (χ3v) is 7.78. The fourth-order valence-electron chi connectivity index (χ4n) is 6.05. The lowest BCUT2D eigenvalue weighted by molar-refractivity contribution is -0.160. The number of hydrogen-bond donors (Lipinski definition) is 0. The first-order chi connectivity index (χ1) is 16.5. The molecular formula is C26H26F3N3O3. The summed E-state index contributed by atoms with van der Waals surface area (Å²) in [6.45, 7) is 0.504. The van der Waals surface area contributed by atoms with Gasteiger partial charge in [0.1, 0.15) is 0 Å². The van der Waals surface area contributed by atoms with Crippen LogP contribution in [0.15, 0.2) is 48.5 Å². The van der Waals surface area contributed by atoms with Crippen molar-refractivity contribution in [3.8, 4) is 0 Å². The van der Waals surface area contributed by atoms with Gasteiger partial charge >= 0.3 is 12.2 Å². The number of carbonyl (C=O) groups excluding carboxylic acids is 3. The molecule has 35 heavy (non-hydrogen) atoms. The molecule has 184 valence electrons. The zero-order chi connectivity index (χ0) is 25.1. The van der Waals surface area contributed by atoms with Crippen LogP contribution < -0.4 is 4.90 Å². The third kappa shape index (κ3) is 3.59. The predicted octanol–water partition coefficient (Wildman–Crippen LogP) is 4.13. The van der Waals surface area contributed by atoms with E-state index in [4.69, 9.17) is 0 Å². The summed E-state index contributed by atoms with van der Waals surface area (Å²) >= 11 is 0. The standard InChI is InChI=1S/C26H26F3N3O3/c1-30-22(33)25(23(34)31(2)24(30)35)15-18-14-19(26(27,28)29)8-9-20(18)32-11-10-17(13-21(25)32)12-16-6-4-3-5-7-16/h3-9,14,17,21H,10-13,15H2,1-2H3/t17-,21+/m1/s1. The van der Waals surface area contributed by atoms with Gasteiger partial charge in [0, 0.05) is 26.3 Å². The number of halogens is 3. The average molecular weight is 486 g/mol. The van der Waals surface area contributed by atoms with Gasteiger partial charge in [0.05, 0.1) is 11.6 Å². The highest BCUT2D eigenvalue weighted by Crippen LogP contribution is 2.50. The maximum atomic E-state index is 13.7. The van der Waals surface area contributed by atoms with E-state index in [2.05, 4.69) is 0 Å². The molecule has 3 aliphatic heterocycles. The number of imide groups is 2. The number of urea groups is 1. The van der Waals surface area contributed by atoms with Crippen LogP contribution in [0.5, 0.6) is 0 Å². The van der Waals surface area contributed by atoms with Crippen LogP contribution in [0, 0.1) is 11.3 Å². The first-order valence-corrected chi connectivity index (χ1v) is 11.6. The Morgan fingerprint density at radius 3 is 2.26 bits per heavy atom. The van der Waals surface area contributed by atoms with Gasteiger partial charge in [-0.05, 0) is 60.9 Å². The number of rotatable bonds is 2. The molecule has 2 aromatic rings. The molecule has 1 spiro atoms. The van der Waals surface area contributed by atoms with Crippen molar-refractivity contribution in [3.63, 3.8) is 0 Å². The number of benzene rings is 2. The van der Waals surface area contributed by atoms with Gasteiger partial charge in [-0.25, -0.2) is 4.79 Å². The number of piperidine rings is 1. The Morgan fingerprint density at radius 2 is 1.63 bits per heavy atom. The van der Waals surface area contributed by atoms with Crippen LogP contribution in [0.4, 0.5) is 23.7 Å². The van der Waals surface area contributed by atoms with Crippen molar-refractivity contribution in [1.29, 1.82) is 0 Å². The van der Waals surface area contributed by atoms with Gasteiger partial charge in [0.2, 0.25) is 11.8 Å². The summed E-state index contributed by atoms with van der Waals surface area (Å²) in [7, 11) is 2.65. The number of anilines is 1. The number of fused-ring (bicyclic) bond motifs is 4. The molecule has 0 unspecified atom stereocenters. The molecule has 6 nitrogen and oxygen atoms in total. The van der Waals surface area contributed by atoms with E-state index in [9.17, 15) is 27.6 Å².